The van der Waals surface area contributed by atoms with Crippen LogP contribution in [0.4, 0.5) is 0 Å². The molecule has 1 saturated heterocycles. The standard InChI is InChI=1S/C19H21NO4S/c1-3-24-19(21)18-17(15-7-5-4-6-8-15)13-20(18)25(22,23)16-11-9-14(2)10-12-16/h4-12,17-18H,3,13H2,1-2H3/t17-,18+/m1/s1. The van der Waals surface area contributed by atoms with Crippen LogP contribution in [0.1, 0.15) is 24.0 Å². The Kier molecular flexibility index (Phi) is 4.92. The van der Waals surface area contributed by atoms with Gasteiger partial charge in [-0.2, -0.15) is 4.31 Å². The Balaban J connectivity index is 1.93. The van der Waals surface area contributed by atoms with Crippen molar-refractivity contribution in [2.24, 2.45) is 0 Å². The van der Waals surface area contributed by atoms with Crippen molar-refractivity contribution < 1.29 is 17.9 Å². The summed E-state index contributed by atoms with van der Waals surface area (Å²) < 4.78 is 32.3. The van der Waals surface area contributed by atoms with Gasteiger partial charge in [-0.3, -0.25) is 4.79 Å². The van der Waals surface area contributed by atoms with Crippen molar-refractivity contribution in [2.45, 2.75) is 30.7 Å². The highest BCUT2D eigenvalue weighted by molar-refractivity contribution is 7.89. The first-order valence-corrected chi connectivity index (χ1v) is 9.69. The molecule has 0 saturated carbocycles. The second-order valence-electron chi connectivity index (χ2n) is 6.10. The normalized spacial score (nSPS) is 20.7. The van der Waals surface area contributed by atoms with E-state index in [1.54, 1.807) is 31.2 Å². The van der Waals surface area contributed by atoms with E-state index in [1.807, 2.05) is 37.3 Å². The molecule has 0 unspecified atom stereocenters. The SMILES string of the molecule is CCOC(=O)[C@@H]1[C@@H](c2ccccc2)CN1S(=O)(=O)c1ccc(C)cc1. The second-order valence-corrected chi connectivity index (χ2v) is 7.99. The molecule has 0 bridgehead atoms. The maximum absolute atomic E-state index is 12.9. The highest BCUT2D eigenvalue weighted by Crippen LogP contribution is 2.39. The fourth-order valence-electron chi connectivity index (χ4n) is 3.06. The van der Waals surface area contributed by atoms with E-state index in [2.05, 4.69) is 0 Å². The summed E-state index contributed by atoms with van der Waals surface area (Å²) in [6.45, 7) is 4.10. The van der Waals surface area contributed by atoms with E-state index in [4.69, 9.17) is 4.74 Å². The number of benzene rings is 2. The number of nitrogens with zero attached hydrogens (tertiary/aromatic N) is 1. The van der Waals surface area contributed by atoms with Crippen molar-refractivity contribution in [2.75, 3.05) is 13.2 Å². The number of aryl methyl sites for hydroxylation is 1. The Hall–Kier alpha value is -2.18. The Morgan fingerprint density at radius 3 is 2.36 bits per heavy atom. The Morgan fingerprint density at radius 1 is 1.12 bits per heavy atom. The van der Waals surface area contributed by atoms with Gasteiger partial charge >= 0.3 is 5.97 Å². The van der Waals surface area contributed by atoms with Gasteiger partial charge in [0.15, 0.2) is 0 Å². The third-order valence-corrected chi connectivity index (χ3v) is 6.31. The minimum absolute atomic E-state index is 0.193. The summed E-state index contributed by atoms with van der Waals surface area (Å²) in [6.07, 6.45) is 0. The van der Waals surface area contributed by atoms with Crippen molar-refractivity contribution in [1.82, 2.24) is 4.31 Å². The monoisotopic (exact) mass is 359 g/mol. The van der Waals surface area contributed by atoms with Gasteiger partial charge in [0, 0.05) is 12.5 Å². The summed E-state index contributed by atoms with van der Waals surface area (Å²) in [7, 11) is -3.74. The molecule has 0 aliphatic carbocycles. The van der Waals surface area contributed by atoms with Crippen LogP contribution in [0.5, 0.6) is 0 Å². The number of ether oxygens (including phenoxy) is 1. The van der Waals surface area contributed by atoms with Gasteiger partial charge in [0.1, 0.15) is 6.04 Å². The topological polar surface area (TPSA) is 63.7 Å². The molecule has 0 N–H and O–H groups in total. The molecular weight excluding hydrogens is 338 g/mol. The first-order valence-electron chi connectivity index (χ1n) is 8.25. The summed E-state index contributed by atoms with van der Waals surface area (Å²) in [5, 5.41) is 0. The molecule has 3 rings (SSSR count). The molecule has 0 radical (unpaired) electrons. The third-order valence-electron chi connectivity index (χ3n) is 4.45. The molecule has 5 nitrogen and oxygen atoms in total. The maximum atomic E-state index is 12.9. The fourth-order valence-corrected chi connectivity index (χ4v) is 4.70. The van der Waals surface area contributed by atoms with Crippen molar-refractivity contribution in [3.63, 3.8) is 0 Å². The summed E-state index contributed by atoms with van der Waals surface area (Å²) in [4.78, 5) is 12.6. The number of carbonyl (C=O) groups excluding carboxylic acids is 1. The number of rotatable bonds is 5. The smallest absolute Gasteiger partial charge is 0.325 e. The van der Waals surface area contributed by atoms with E-state index in [9.17, 15) is 13.2 Å². The quantitative estimate of drug-likeness (QED) is 0.770. The van der Waals surface area contributed by atoms with Gasteiger partial charge in [0.25, 0.3) is 0 Å². The van der Waals surface area contributed by atoms with Crippen molar-refractivity contribution in [1.29, 1.82) is 0 Å². The van der Waals surface area contributed by atoms with Crippen LogP contribution in [0.25, 0.3) is 0 Å². The van der Waals surface area contributed by atoms with E-state index < -0.39 is 22.0 Å². The van der Waals surface area contributed by atoms with Gasteiger partial charge in [-0.1, -0.05) is 48.0 Å². The summed E-state index contributed by atoms with van der Waals surface area (Å²) in [5.74, 6) is -0.696. The second kappa shape index (κ2) is 6.98. The van der Waals surface area contributed by atoms with Crippen LogP contribution >= 0.6 is 0 Å². The van der Waals surface area contributed by atoms with Gasteiger partial charge in [0.2, 0.25) is 10.0 Å². The van der Waals surface area contributed by atoms with Crippen molar-refractivity contribution in [3.05, 3.63) is 65.7 Å². The molecule has 0 spiro atoms. The van der Waals surface area contributed by atoms with E-state index in [-0.39, 0.29) is 24.0 Å². The zero-order chi connectivity index (χ0) is 18.0. The predicted octanol–water partition coefficient (Wildman–Crippen LogP) is 2.71. The minimum atomic E-state index is -3.74. The van der Waals surface area contributed by atoms with Crippen LogP contribution < -0.4 is 0 Å². The van der Waals surface area contributed by atoms with Crippen molar-refractivity contribution in [3.8, 4) is 0 Å². The molecular formula is C19H21NO4S. The molecule has 25 heavy (non-hydrogen) atoms. The predicted molar refractivity (Wildman–Crippen MR) is 94.7 cm³/mol. The molecule has 1 aliphatic heterocycles. The molecule has 132 valence electrons. The Bertz CT molecular complexity index is 847. The van der Waals surface area contributed by atoms with Gasteiger partial charge < -0.3 is 4.74 Å². The lowest BCUT2D eigenvalue weighted by molar-refractivity contribution is -0.152. The zero-order valence-corrected chi connectivity index (χ0v) is 15.1. The fraction of sp³-hybridized carbons (Fsp3) is 0.316. The Labute approximate surface area is 148 Å². The van der Waals surface area contributed by atoms with E-state index >= 15 is 0 Å². The van der Waals surface area contributed by atoms with Gasteiger partial charge in [-0.15, -0.1) is 0 Å². The Morgan fingerprint density at radius 2 is 1.76 bits per heavy atom. The molecule has 2 aromatic rings. The first kappa shape index (κ1) is 17.6. The van der Waals surface area contributed by atoms with Gasteiger partial charge in [0.05, 0.1) is 11.5 Å². The number of sulfonamides is 1. The summed E-state index contributed by atoms with van der Waals surface area (Å²) in [5.41, 5.74) is 1.92. The van der Waals surface area contributed by atoms with E-state index in [1.165, 1.54) is 4.31 Å². The van der Waals surface area contributed by atoms with Crippen LogP contribution in [0.2, 0.25) is 0 Å². The van der Waals surface area contributed by atoms with E-state index in [0.717, 1.165) is 11.1 Å². The average molecular weight is 359 g/mol. The molecule has 2 atom stereocenters. The lowest BCUT2D eigenvalue weighted by Crippen LogP contribution is -2.61. The number of hydrogen-bond donors (Lipinski definition) is 0. The number of hydrogen-bond acceptors (Lipinski definition) is 4. The van der Waals surface area contributed by atoms with Gasteiger partial charge in [-0.25, -0.2) is 8.42 Å². The zero-order valence-electron chi connectivity index (χ0n) is 14.3. The molecule has 0 aromatic heterocycles. The van der Waals surface area contributed by atoms with Crippen LogP contribution in [0.15, 0.2) is 59.5 Å². The van der Waals surface area contributed by atoms with Crippen LogP contribution in [0.3, 0.4) is 0 Å². The summed E-state index contributed by atoms with van der Waals surface area (Å²) >= 11 is 0. The average Bonchev–Trinajstić information content (AvgIpc) is 2.55. The van der Waals surface area contributed by atoms with Crippen LogP contribution in [-0.2, 0) is 19.6 Å². The maximum Gasteiger partial charge on any atom is 0.325 e. The molecule has 0 amide bonds. The number of carbonyl (C=O) groups is 1. The molecule has 1 heterocycles. The minimum Gasteiger partial charge on any atom is -0.465 e. The van der Waals surface area contributed by atoms with E-state index in [0.29, 0.717) is 0 Å². The molecule has 6 heteroatoms. The largest absolute Gasteiger partial charge is 0.465 e. The van der Waals surface area contributed by atoms with Crippen LogP contribution in [-0.4, -0.2) is 37.9 Å². The van der Waals surface area contributed by atoms with Crippen molar-refractivity contribution >= 4 is 16.0 Å². The lowest BCUT2D eigenvalue weighted by Gasteiger charge is -2.45. The highest BCUT2D eigenvalue weighted by atomic mass is 32.2. The van der Waals surface area contributed by atoms with Gasteiger partial charge in [-0.05, 0) is 31.5 Å². The van der Waals surface area contributed by atoms with Crippen LogP contribution in [0, 0.1) is 6.92 Å². The highest BCUT2D eigenvalue weighted by Gasteiger charge is 2.51. The molecule has 2 aromatic carbocycles. The molecule has 1 aliphatic rings. The first-order chi connectivity index (χ1) is 11.9. The summed E-state index contributed by atoms with van der Waals surface area (Å²) in [6, 6.07) is 15.3. The molecule has 1 fully saturated rings. The third kappa shape index (κ3) is 3.32. The number of esters is 1. The lowest BCUT2D eigenvalue weighted by atomic mass is 9.85.